The van der Waals surface area contributed by atoms with Crippen LogP contribution in [0.1, 0.15) is 27.7 Å². The minimum Gasteiger partial charge on any atom is -0.366 e. The number of nitrogens with zero attached hydrogens (tertiary/aromatic N) is 4. The van der Waals surface area contributed by atoms with Crippen LogP contribution >= 0.6 is 11.6 Å². The quantitative estimate of drug-likeness (QED) is 0.264. The molecule has 0 aliphatic rings. The molecule has 2 aromatic carbocycles. The van der Waals surface area contributed by atoms with Gasteiger partial charge in [0.2, 0.25) is 5.91 Å². The lowest BCUT2D eigenvalue weighted by molar-refractivity contribution is -0.122. The second-order valence-electron chi connectivity index (χ2n) is 8.94. The number of nitrogens with one attached hydrogen (secondary N) is 1. The number of benzene rings is 2. The summed E-state index contributed by atoms with van der Waals surface area (Å²) in [5.74, 6) is -3.75. The number of amides is 2. The number of carbonyl (C=O) groups is 2. The number of primary amides is 1. The van der Waals surface area contributed by atoms with E-state index in [2.05, 4.69) is 20.3 Å². The molecule has 5 rings (SSSR count). The monoisotopic (exact) mass is 564 g/mol. The Hall–Kier alpha value is -4.77. The summed E-state index contributed by atoms with van der Waals surface area (Å²) >= 11 is 6.09. The minimum atomic E-state index is -0.951. The fraction of sp³-hybridized carbons (Fsp3) is 0.107. The molecular formula is C28H20ClF3N6O2. The number of hydrogen-bond donors (Lipinski definition) is 2. The normalized spacial score (nSPS) is 11.9. The van der Waals surface area contributed by atoms with Gasteiger partial charge in [-0.2, -0.15) is 0 Å². The molecule has 0 saturated carbocycles. The molecule has 0 aliphatic heterocycles. The summed E-state index contributed by atoms with van der Waals surface area (Å²) in [7, 11) is 0. The average Bonchev–Trinajstić information content (AvgIpc) is 3.31. The molecule has 0 aliphatic carbocycles. The topological polar surface area (TPSA) is 116 Å². The molecule has 1 atom stereocenters. The van der Waals surface area contributed by atoms with Crippen LogP contribution in [0.2, 0.25) is 5.15 Å². The molecule has 0 spiro atoms. The van der Waals surface area contributed by atoms with Crippen molar-refractivity contribution in [2.45, 2.75) is 19.0 Å². The standard InChI is InChI=1S/C28H20ClF3N6O2/c29-27-26-23(5-7-35-27)38(14-36-26)13-24(39)37-22(10-15-8-17(30)12-18(31)9-15)25-19(2-1-6-34-25)16-3-4-21(32)20(11-16)28(33)40/h1-9,11-12,14,22H,10,13H2,(H2,33,40)(H,37,39). The number of nitrogens with two attached hydrogens (primary N) is 1. The van der Waals surface area contributed by atoms with Crippen molar-refractivity contribution in [1.82, 2.24) is 24.8 Å². The molecule has 0 radical (unpaired) electrons. The first-order valence-electron chi connectivity index (χ1n) is 11.9. The zero-order valence-corrected chi connectivity index (χ0v) is 21.4. The first-order valence-corrected chi connectivity index (χ1v) is 12.3. The largest absolute Gasteiger partial charge is 0.366 e. The zero-order chi connectivity index (χ0) is 28.4. The van der Waals surface area contributed by atoms with Gasteiger partial charge >= 0.3 is 0 Å². The van der Waals surface area contributed by atoms with Crippen LogP contribution in [0.3, 0.4) is 0 Å². The molecule has 1 unspecified atom stereocenters. The first-order chi connectivity index (χ1) is 19.2. The molecule has 2 amide bonds. The Kier molecular flexibility index (Phi) is 7.47. The number of imidazole rings is 1. The highest BCUT2D eigenvalue weighted by Crippen LogP contribution is 2.30. The van der Waals surface area contributed by atoms with Gasteiger partial charge < -0.3 is 15.6 Å². The number of aromatic nitrogens is 4. The average molecular weight is 565 g/mol. The number of halogens is 4. The van der Waals surface area contributed by atoms with E-state index in [4.69, 9.17) is 17.3 Å². The van der Waals surface area contributed by atoms with Gasteiger partial charge in [0.15, 0.2) is 5.15 Å². The molecule has 40 heavy (non-hydrogen) atoms. The Labute approximate surface area is 230 Å². The fourth-order valence-electron chi connectivity index (χ4n) is 4.48. The third kappa shape index (κ3) is 5.64. The SMILES string of the molecule is NC(=O)c1cc(-c2cccnc2C(Cc2cc(F)cc(F)c2)NC(=O)Cn2cnc3c(Cl)nccc32)ccc1F. The van der Waals surface area contributed by atoms with Gasteiger partial charge in [-0.15, -0.1) is 0 Å². The van der Waals surface area contributed by atoms with E-state index in [0.717, 1.165) is 24.3 Å². The van der Waals surface area contributed by atoms with Crippen molar-refractivity contribution < 1.29 is 22.8 Å². The maximum absolute atomic E-state index is 14.2. The molecule has 5 aromatic rings. The zero-order valence-electron chi connectivity index (χ0n) is 20.6. The van der Waals surface area contributed by atoms with Crippen molar-refractivity contribution in [2.24, 2.45) is 5.73 Å². The fourth-order valence-corrected chi connectivity index (χ4v) is 4.68. The smallest absolute Gasteiger partial charge is 0.251 e. The Bertz CT molecular complexity index is 1740. The summed E-state index contributed by atoms with van der Waals surface area (Å²) in [6.45, 7) is -0.157. The van der Waals surface area contributed by atoms with E-state index < -0.39 is 35.3 Å². The van der Waals surface area contributed by atoms with E-state index >= 15 is 0 Å². The number of fused-ring (bicyclic) bond motifs is 1. The highest BCUT2D eigenvalue weighted by Gasteiger charge is 2.23. The van der Waals surface area contributed by atoms with Crippen molar-refractivity contribution in [3.63, 3.8) is 0 Å². The molecule has 202 valence electrons. The highest BCUT2D eigenvalue weighted by molar-refractivity contribution is 6.33. The van der Waals surface area contributed by atoms with E-state index in [-0.39, 0.29) is 29.2 Å². The van der Waals surface area contributed by atoms with Gasteiger partial charge in [-0.25, -0.2) is 23.1 Å². The molecule has 0 fully saturated rings. The Morgan fingerprint density at radius 3 is 2.50 bits per heavy atom. The second-order valence-corrected chi connectivity index (χ2v) is 9.30. The third-order valence-electron chi connectivity index (χ3n) is 6.22. The number of rotatable bonds is 8. The van der Waals surface area contributed by atoms with E-state index in [1.54, 1.807) is 22.8 Å². The van der Waals surface area contributed by atoms with Crippen LogP contribution in [0.15, 0.2) is 73.3 Å². The second kappa shape index (κ2) is 11.1. The Morgan fingerprint density at radius 2 is 1.75 bits per heavy atom. The van der Waals surface area contributed by atoms with Crippen LogP contribution in [0.4, 0.5) is 13.2 Å². The number of carbonyl (C=O) groups excluding carboxylic acids is 2. The van der Waals surface area contributed by atoms with Gasteiger partial charge in [0.25, 0.3) is 5.91 Å². The van der Waals surface area contributed by atoms with E-state index in [9.17, 15) is 22.8 Å². The predicted molar refractivity (Wildman–Crippen MR) is 142 cm³/mol. The first kappa shape index (κ1) is 26.8. The van der Waals surface area contributed by atoms with Crippen molar-refractivity contribution in [1.29, 1.82) is 0 Å². The van der Waals surface area contributed by atoms with E-state index in [1.165, 1.54) is 30.9 Å². The summed E-state index contributed by atoms with van der Waals surface area (Å²) < 4.78 is 43.8. The van der Waals surface area contributed by atoms with Gasteiger partial charge in [0, 0.05) is 24.0 Å². The number of pyridine rings is 2. The molecule has 8 nitrogen and oxygen atoms in total. The minimum absolute atomic E-state index is 0.0330. The lowest BCUT2D eigenvalue weighted by Gasteiger charge is -2.22. The number of hydrogen-bond acceptors (Lipinski definition) is 5. The van der Waals surface area contributed by atoms with Crippen molar-refractivity contribution in [3.8, 4) is 11.1 Å². The molecule has 3 N–H and O–H groups in total. The molecule has 3 aromatic heterocycles. The Morgan fingerprint density at radius 1 is 0.975 bits per heavy atom. The maximum atomic E-state index is 14.2. The van der Waals surface area contributed by atoms with Crippen molar-refractivity contribution in [2.75, 3.05) is 0 Å². The van der Waals surface area contributed by atoms with Gasteiger partial charge in [-0.1, -0.05) is 23.7 Å². The molecule has 0 bridgehead atoms. The van der Waals surface area contributed by atoms with Crippen LogP contribution in [-0.2, 0) is 17.8 Å². The van der Waals surface area contributed by atoms with Crippen LogP contribution in [0, 0.1) is 17.5 Å². The summed E-state index contributed by atoms with van der Waals surface area (Å²) in [5.41, 5.74) is 7.48. The summed E-state index contributed by atoms with van der Waals surface area (Å²) in [4.78, 5) is 37.7. The third-order valence-corrected chi connectivity index (χ3v) is 6.49. The molecule has 12 heteroatoms. The summed E-state index contributed by atoms with van der Waals surface area (Å²) in [6.07, 6.45) is 4.39. The predicted octanol–water partition coefficient (Wildman–Crippen LogP) is 4.76. The van der Waals surface area contributed by atoms with Crippen molar-refractivity contribution >= 4 is 34.4 Å². The van der Waals surface area contributed by atoms with Crippen LogP contribution in [0.5, 0.6) is 0 Å². The van der Waals surface area contributed by atoms with Gasteiger partial charge in [0.1, 0.15) is 29.5 Å². The van der Waals surface area contributed by atoms with Crippen LogP contribution in [0.25, 0.3) is 22.2 Å². The Balaban J connectivity index is 1.53. The summed E-state index contributed by atoms with van der Waals surface area (Å²) in [5, 5.41) is 3.08. The lowest BCUT2D eigenvalue weighted by atomic mass is 9.94. The van der Waals surface area contributed by atoms with Crippen molar-refractivity contribution in [3.05, 3.63) is 113 Å². The molecule has 0 saturated heterocycles. The lowest BCUT2D eigenvalue weighted by Crippen LogP contribution is -2.33. The van der Waals surface area contributed by atoms with Gasteiger partial charge in [-0.05, 0) is 53.9 Å². The highest BCUT2D eigenvalue weighted by atomic mass is 35.5. The maximum Gasteiger partial charge on any atom is 0.251 e. The van der Waals surface area contributed by atoms with Gasteiger partial charge in [0.05, 0.1) is 29.1 Å². The van der Waals surface area contributed by atoms with E-state index in [1.807, 2.05) is 0 Å². The summed E-state index contributed by atoms with van der Waals surface area (Å²) in [6, 6.07) is 11.0. The molecule has 3 heterocycles. The molecular weight excluding hydrogens is 545 g/mol. The van der Waals surface area contributed by atoms with Crippen LogP contribution < -0.4 is 11.1 Å². The van der Waals surface area contributed by atoms with Crippen LogP contribution in [-0.4, -0.2) is 31.3 Å². The van der Waals surface area contributed by atoms with E-state index in [0.29, 0.717) is 27.9 Å². The van der Waals surface area contributed by atoms with Gasteiger partial charge in [-0.3, -0.25) is 14.6 Å².